The zero-order valence-electron chi connectivity index (χ0n) is 10.7. The van der Waals surface area contributed by atoms with Crippen LogP contribution in [0.1, 0.15) is 35.2 Å². The Morgan fingerprint density at radius 1 is 1.39 bits per heavy atom. The van der Waals surface area contributed by atoms with Crippen molar-refractivity contribution in [3.05, 3.63) is 35.4 Å². The summed E-state index contributed by atoms with van der Waals surface area (Å²) < 4.78 is 4.75. The Morgan fingerprint density at radius 3 is 2.89 bits per heavy atom. The van der Waals surface area contributed by atoms with Gasteiger partial charge in [0.15, 0.2) is 0 Å². The lowest BCUT2D eigenvalue weighted by molar-refractivity contribution is 0.0599. The Morgan fingerprint density at radius 2 is 2.17 bits per heavy atom. The molecule has 96 valence electrons. The number of ether oxygens (including phenoxy) is 1. The molecular weight excluding hydrogens is 226 g/mol. The second-order valence-electron chi connectivity index (χ2n) is 3.99. The highest BCUT2D eigenvalue weighted by molar-refractivity contribution is 5.90. The summed E-state index contributed by atoms with van der Waals surface area (Å²) in [5.41, 5.74) is 1.58. The number of terminal acetylenes is 1. The Bertz CT molecular complexity index is 421. The van der Waals surface area contributed by atoms with Gasteiger partial charge in [0.2, 0.25) is 0 Å². The summed E-state index contributed by atoms with van der Waals surface area (Å²) in [7, 11) is 1.40. The largest absolute Gasteiger partial charge is 0.465 e. The van der Waals surface area contributed by atoms with E-state index in [9.17, 15) is 4.79 Å². The van der Waals surface area contributed by atoms with E-state index in [1.54, 1.807) is 6.07 Å². The molecule has 0 aliphatic carbocycles. The van der Waals surface area contributed by atoms with E-state index in [4.69, 9.17) is 11.2 Å². The van der Waals surface area contributed by atoms with E-state index in [2.05, 4.69) is 11.2 Å². The van der Waals surface area contributed by atoms with Gasteiger partial charge in [0, 0.05) is 13.0 Å². The van der Waals surface area contributed by atoms with Gasteiger partial charge in [-0.25, -0.2) is 4.79 Å². The molecule has 1 aromatic rings. The summed E-state index contributed by atoms with van der Waals surface area (Å²) in [6, 6.07) is 7.46. The number of nitrogens with one attached hydrogen (secondary N) is 1. The van der Waals surface area contributed by atoms with Gasteiger partial charge in [-0.15, -0.1) is 12.3 Å². The highest BCUT2D eigenvalue weighted by Gasteiger charge is 2.09. The topological polar surface area (TPSA) is 38.3 Å². The summed E-state index contributed by atoms with van der Waals surface area (Å²) >= 11 is 0. The number of hydrogen-bond acceptors (Lipinski definition) is 3. The smallest absolute Gasteiger partial charge is 0.338 e. The molecule has 3 nitrogen and oxygen atoms in total. The van der Waals surface area contributed by atoms with Crippen molar-refractivity contribution in [1.82, 2.24) is 5.32 Å². The van der Waals surface area contributed by atoms with Crippen LogP contribution in [0.4, 0.5) is 0 Å². The van der Waals surface area contributed by atoms with E-state index in [-0.39, 0.29) is 5.97 Å². The molecule has 0 aliphatic rings. The van der Waals surface area contributed by atoms with E-state index in [1.807, 2.05) is 18.2 Å². The number of benzene rings is 1. The first-order chi connectivity index (χ1) is 8.79. The van der Waals surface area contributed by atoms with E-state index in [0.29, 0.717) is 12.1 Å². The first kappa shape index (κ1) is 14.3. The average Bonchev–Trinajstić information content (AvgIpc) is 2.42. The summed E-state index contributed by atoms with van der Waals surface area (Å²) in [6.07, 6.45) is 8.08. The molecule has 0 radical (unpaired) electrons. The van der Waals surface area contributed by atoms with Gasteiger partial charge in [-0.1, -0.05) is 18.2 Å². The van der Waals surface area contributed by atoms with Gasteiger partial charge in [0.1, 0.15) is 0 Å². The lowest BCUT2D eigenvalue weighted by atomic mass is 10.1. The van der Waals surface area contributed by atoms with E-state index >= 15 is 0 Å². The van der Waals surface area contributed by atoms with E-state index in [1.165, 1.54) is 7.11 Å². The summed E-state index contributed by atoms with van der Waals surface area (Å²) in [5, 5.41) is 3.30. The fraction of sp³-hybridized carbons (Fsp3) is 0.400. The molecule has 0 fully saturated rings. The van der Waals surface area contributed by atoms with Crippen molar-refractivity contribution in [2.75, 3.05) is 13.7 Å². The number of esters is 1. The summed E-state index contributed by atoms with van der Waals surface area (Å²) in [4.78, 5) is 11.5. The molecule has 0 aliphatic heterocycles. The Balaban J connectivity index is 2.42. The van der Waals surface area contributed by atoms with Crippen molar-refractivity contribution in [3.63, 3.8) is 0 Å². The van der Waals surface area contributed by atoms with Gasteiger partial charge in [0.25, 0.3) is 0 Å². The first-order valence-electron chi connectivity index (χ1n) is 6.10. The van der Waals surface area contributed by atoms with Crippen LogP contribution < -0.4 is 5.32 Å². The van der Waals surface area contributed by atoms with Gasteiger partial charge >= 0.3 is 5.97 Å². The summed E-state index contributed by atoms with van der Waals surface area (Å²) in [5.74, 6) is 2.33. The van der Waals surface area contributed by atoms with Crippen LogP contribution in [-0.4, -0.2) is 19.6 Å². The Kier molecular flexibility index (Phi) is 6.60. The highest BCUT2D eigenvalue weighted by atomic mass is 16.5. The summed E-state index contributed by atoms with van der Waals surface area (Å²) in [6.45, 7) is 1.57. The maximum atomic E-state index is 11.5. The zero-order chi connectivity index (χ0) is 13.2. The number of carbonyl (C=O) groups excluding carboxylic acids is 1. The Hall–Kier alpha value is -1.79. The first-order valence-corrected chi connectivity index (χ1v) is 6.10. The maximum absolute atomic E-state index is 11.5. The molecule has 0 unspecified atom stereocenters. The van der Waals surface area contributed by atoms with E-state index in [0.717, 1.165) is 31.4 Å². The molecule has 0 aromatic heterocycles. The molecule has 0 saturated carbocycles. The third-order valence-corrected chi connectivity index (χ3v) is 2.66. The predicted molar refractivity (Wildman–Crippen MR) is 72.2 cm³/mol. The third-order valence-electron chi connectivity index (χ3n) is 2.66. The molecular formula is C15H19NO2. The lowest BCUT2D eigenvalue weighted by Crippen LogP contribution is -2.17. The van der Waals surface area contributed by atoms with Gasteiger partial charge < -0.3 is 10.1 Å². The highest BCUT2D eigenvalue weighted by Crippen LogP contribution is 2.09. The minimum absolute atomic E-state index is 0.292. The average molecular weight is 245 g/mol. The SMILES string of the molecule is C#CCCCCNCc1ccccc1C(=O)OC. The normalized spacial score (nSPS) is 9.78. The van der Waals surface area contributed by atoms with Crippen LogP contribution in [0.3, 0.4) is 0 Å². The number of unbranched alkanes of at least 4 members (excludes halogenated alkanes) is 2. The van der Waals surface area contributed by atoms with E-state index < -0.39 is 0 Å². The van der Waals surface area contributed by atoms with Crippen molar-refractivity contribution in [2.24, 2.45) is 0 Å². The molecule has 18 heavy (non-hydrogen) atoms. The fourth-order valence-electron chi connectivity index (χ4n) is 1.68. The van der Waals surface area contributed by atoms with Crippen molar-refractivity contribution in [2.45, 2.75) is 25.8 Å². The molecule has 0 spiro atoms. The van der Waals surface area contributed by atoms with Crippen LogP contribution in [0.5, 0.6) is 0 Å². The molecule has 0 bridgehead atoms. The lowest BCUT2D eigenvalue weighted by Gasteiger charge is -2.08. The van der Waals surface area contributed by atoms with Crippen molar-refractivity contribution in [3.8, 4) is 12.3 Å². The number of rotatable bonds is 7. The van der Waals surface area contributed by atoms with Crippen LogP contribution in [0.25, 0.3) is 0 Å². The zero-order valence-corrected chi connectivity index (χ0v) is 10.7. The molecule has 0 atom stereocenters. The maximum Gasteiger partial charge on any atom is 0.338 e. The molecule has 1 rings (SSSR count). The second-order valence-corrected chi connectivity index (χ2v) is 3.99. The van der Waals surface area contributed by atoms with Crippen molar-refractivity contribution < 1.29 is 9.53 Å². The van der Waals surface area contributed by atoms with Crippen molar-refractivity contribution in [1.29, 1.82) is 0 Å². The molecule has 1 N–H and O–H groups in total. The molecule has 0 amide bonds. The van der Waals surface area contributed by atoms with Gasteiger partial charge in [-0.3, -0.25) is 0 Å². The van der Waals surface area contributed by atoms with Gasteiger partial charge in [0.05, 0.1) is 12.7 Å². The fourth-order valence-corrected chi connectivity index (χ4v) is 1.68. The van der Waals surface area contributed by atoms with Crippen LogP contribution in [0.15, 0.2) is 24.3 Å². The number of carbonyl (C=O) groups is 1. The number of hydrogen-bond donors (Lipinski definition) is 1. The van der Waals surface area contributed by atoms with Crippen LogP contribution in [-0.2, 0) is 11.3 Å². The van der Waals surface area contributed by atoms with Crippen LogP contribution in [0.2, 0.25) is 0 Å². The Labute approximate surface area is 109 Å². The molecule has 0 heterocycles. The predicted octanol–water partition coefficient (Wildman–Crippen LogP) is 2.37. The van der Waals surface area contributed by atoms with Gasteiger partial charge in [-0.05, 0) is 31.0 Å². The van der Waals surface area contributed by atoms with Gasteiger partial charge in [-0.2, -0.15) is 0 Å². The second kappa shape index (κ2) is 8.32. The minimum Gasteiger partial charge on any atom is -0.465 e. The molecule has 1 aromatic carbocycles. The van der Waals surface area contributed by atoms with Crippen molar-refractivity contribution >= 4 is 5.97 Å². The van der Waals surface area contributed by atoms with Crippen LogP contribution >= 0.6 is 0 Å². The number of methoxy groups -OCH3 is 1. The molecule has 0 saturated heterocycles. The van der Waals surface area contributed by atoms with Crippen LogP contribution in [0, 0.1) is 12.3 Å². The minimum atomic E-state index is -0.292. The molecule has 3 heteroatoms. The monoisotopic (exact) mass is 245 g/mol. The quantitative estimate of drug-likeness (QED) is 0.455. The standard InChI is InChI=1S/C15H19NO2/c1-3-4-5-8-11-16-12-13-9-6-7-10-14(13)15(17)18-2/h1,6-7,9-10,16H,4-5,8,11-12H2,2H3. The third kappa shape index (κ3) is 4.60.